The summed E-state index contributed by atoms with van der Waals surface area (Å²) < 4.78 is 15.9. The molecule has 1 aliphatic heterocycles. The molecular formula is C17H25NO4. The van der Waals surface area contributed by atoms with Crippen LogP contribution in [-0.2, 0) is 14.3 Å². The number of carbonyl (C=O) groups is 1. The van der Waals surface area contributed by atoms with Crippen LogP contribution in [-0.4, -0.2) is 57.4 Å². The second kappa shape index (κ2) is 9.43. The van der Waals surface area contributed by atoms with Crippen molar-refractivity contribution in [3.05, 3.63) is 30.3 Å². The van der Waals surface area contributed by atoms with Crippen LogP contribution in [0, 0.1) is 5.92 Å². The molecule has 1 saturated heterocycles. The van der Waals surface area contributed by atoms with E-state index in [-0.39, 0.29) is 12.5 Å². The minimum absolute atomic E-state index is 0.0718. The average Bonchev–Trinajstić information content (AvgIpc) is 3.01. The predicted octanol–water partition coefficient (Wildman–Crippen LogP) is 1.97. The van der Waals surface area contributed by atoms with Crippen molar-refractivity contribution in [3.8, 4) is 5.75 Å². The Bertz CT molecular complexity index is 438. The summed E-state index contributed by atoms with van der Waals surface area (Å²) in [4.78, 5) is 13.9. The molecule has 5 nitrogen and oxygen atoms in total. The van der Waals surface area contributed by atoms with E-state index in [2.05, 4.69) is 0 Å². The molecule has 1 atom stereocenters. The van der Waals surface area contributed by atoms with Gasteiger partial charge in [-0.25, -0.2) is 0 Å². The summed E-state index contributed by atoms with van der Waals surface area (Å²) in [5.41, 5.74) is 0. The minimum Gasteiger partial charge on any atom is -0.494 e. The van der Waals surface area contributed by atoms with E-state index in [0.717, 1.165) is 31.7 Å². The molecule has 122 valence electrons. The van der Waals surface area contributed by atoms with Crippen LogP contribution in [0.15, 0.2) is 30.3 Å². The number of methoxy groups -OCH3 is 1. The van der Waals surface area contributed by atoms with Gasteiger partial charge in [0.25, 0.3) is 0 Å². The van der Waals surface area contributed by atoms with E-state index < -0.39 is 0 Å². The smallest absolute Gasteiger partial charge is 0.248 e. The lowest BCUT2D eigenvalue weighted by Crippen LogP contribution is -2.32. The van der Waals surface area contributed by atoms with Crippen LogP contribution < -0.4 is 4.74 Å². The van der Waals surface area contributed by atoms with Crippen molar-refractivity contribution < 1.29 is 19.0 Å². The van der Waals surface area contributed by atoms with Crippen LogP contribution in [0.1, 0.15) is 12.8 Å². The maximum absolute atomic E-state index is 12.0. The molecule has 5 heteroatoms. The molecule has 1 aliphatic rings. The number of benzene rings is 1. The van der Waals surface area contributed by atoms with Crippen LogP contribution in [0.2, 0.25) is 0 Å². The number of hydrogen-bond donors (Lipinski definition) is 0. The summed E-state index contributed by atoms with van der Waals surface area (Å²) in [6, 6.07) is 9.83. The Morgan fingerprint density at radius 1 is 1.23 bits per heavy atom. The molecule has 1 amide bonds. The number of ether oxygens (including phenoxy) is 3. The zero-order valence-corrected chi connectivity index (χ0v) is 13.2. The molecule has 1 fully saturated rings. The number of likely N-dealkylation sites (tertiary alicyclic amines) is 1. The average molecular weight is 307 g/mol. The highest BCUT2D eigenvalue weighted by Gasteiger charge is 2.25. The molecule has 0 aliphatic carbocycles. The largest absolute Gasteiger partial charge is 0.494 e. The third kappa shape index (κ3) is 5.66. The van der Waals surface area contributed by atoms with Gasteiger partial charge in [-0.3, -0.25) is 4.79 Å². The van der Waals surface area contributed by atoms with Gasteiger partial charge in [-0.2, -0.15) is 0 Å². The van der Waals surface area contributed by atoms with E-state index >= 15 is 0 Å². The van der Waals surface area contributed by atoms with Crippen molar-refractivity contribution in [1.29, 1.82) is 0 Å². The highest BCUT2D eigenvalue weighted by atomic mass is 16.5. The van der Waals surface area contributed by atoms with Gasteiger partial charge < -0.3 is 19.1 Å². The van der Waals surface area contributed by atoms with Crippen molar-refractivity contribution in [1.82, 2.24) is 4.90 Å². The fourth-order valence-corrected chi connectivity index (χ4v) is 2.55. The molecule has 0 radical (unpaired) electrons. The number of amides is 1. The molecule has 1 unspecified atom stereocenters. The SMILES string of the molecule is COCCOCC(=O)N1CCC(CCOc2ccccc2)C1. The molecule has 1 aromatic rings. The van der Waals surface area contributed by atoms with Gasteiger partial charge in [0.1, 0.15) is 12.4 Å². The van der Waals surface area contributed by atoms with Crippen LogP contribution >= 0.6 is 0 Å². The van der Waals surface area contributed by atoms with Crippen LogP contribution in [0.5, 0.6) is 5.75 Å². The molecule has 0 spiro atoms. The Kier molecular flexibility index (Phi) is 7.19. The Hall–Kier alpha value is -1.59. The molecule has 22 heavy (non-hydrogen) atoms. The summed E-state index contributed by atoms with van der Waals surface area (Å²) >= 11 is 0. The number of carbonyl (C=O) groups excluding carboxylic acids is 1. The van der Waals surface area contributed by atoms with E-state index in [1.165, 1.54) is 0 Å². The first kappa shape index (κ1) is 16.8. The van der Waals surface area contributed by atoms with Crippen molar-refractivity contribution in [2.24, 2.45) is 5.92 Å². The van der Waals surface area contributed by atoms with Gasteiger partial charge in [0, 0.05) is 20.2 Å². The monoisotopic (exact) mass is 307 g/mol. The van der Waals surface area contributed by atoms with Gasteiger partial charge in [-0.1, -0.05) is 18.2 Å². The van der Waals surface area contributed by atoms with E-state index in [9.17, 15) is 4.79 Å². The highest BCUT2D eigenvalue weighted by Crippen LogP contribution is 2.20. The maximum atomic E-state index is 12.0. The van der Waals surface area contributed by atoms with Gasteiger partial charge >= 0.3 is 0 Å². The zero-order chi connectivity index (χ0) is 15.6. The van der Waals surface area contributed by atoms with Crippen LogP contribution in [0.4, 0.5) is 0 Å². The lowest BCUT2D eigenvalue weighted by atomic mass is 10.1. The summed E-state index contributed by atoms with van der Waals surface area (Å²) in [5.74, 6) is 1.49. The summed E-state index contributed by atoms with van der Waals surface area (Å²) in [7, 11) is 1.62. The summed E-state index contributed by atoms with van der Waals surface area (Å²) in [6.07, 6.45) is 2.02. The molecule has 0 saturated carbocycles. The van der Waals surface area contributed by atoms with E-state index in [0.29, 0.717) is 25.7 Å². The fraction of sp³-hybridized carbons (Fsp3) is 0.588. The van der Waals surface area contributed by atoms with Crippen LogP contribution in [0.3, 0.4) is 0 Å². The number of para-hydroxylation sites is 1. The van der Waals surface area contributed by atoms with Crippen molar-refractivity contribution >= 4 is 5.91 Å². The van der Waals surface area contributed by atoms with E-state index in [1.807, 2.05) is 35.2 Å². The molecule has 0 bridgehead atoms. The lowest BCUT2D eigenvalue weighted by molar-refractivity contribution is -0.135. The van der Waals surface area contributed by atoms with Crippen molar-refractivity contribution in [3.63, 3.8) is 0 Å². The normalized spacial score (nSPS) is 17.7. The van der Waals surface area contributed by atoms with E-state index in [1.54, 1.807) is 7.11 Å². The lowest BCUT2D eigenvalue weighted by Gasteiger charge is -2.16. The quantitative estimate of drug-likeness (QED) is 0.654. The first-order valence-corrected chi connectivity index (χ1v) is 7.82. The summed E-state index contributed by atoms with van der Waals surface area (Å²) in [5, 5.41) is 0. The molecule has 2 rings (SSSR count). The molecule has 0 aromatic heterocycles. The van der Waals surface area contributed by atoms with Gasteiger partial charge in [-0.05, 0) is 30.9 Å². The van der Waals surface area contributed by atoms with Gasteiger partial charge in [0.2, 0.25) is 5.91 Å². The standard InChI is InChI=1S/C17H25NO4/c1-20-11-12-21-14-17(19)18-9-7-15(13-18)8-10-22-16-5-3-2-4-6-16/h2-6,15H,7-14H2,1H3. The number of nitrogens with zero attached hydrogens (tertiary/aromatic N) is 1. The predicted molar refractivity (Wildman–Crippen MR) is 83.9 cm³/mol. The molecule has 1 heterocycles. The highest BCUT2D eigenvalue weighted by molar-refractivity contribution is 5.77. The number of hydrogen-bond acceptors (Lipinski definition) is 4. The maximum Gasteiger partial charge on any atom is 0.248 e. The van der Waals surface area contributed by atoms with Gasteiger partial charge in [0.15, 0.2) is 0 Å². The van der Waals surface area contributed by atoms with Crippen molar-refractivity contribution in [2.75, 3.05) is 46.6 Å². The minimum atomic E-state index is 0.0718. The Morgan fingerprint density at radius 3 is 2.82 bits per heavy atom. The fourth-order valence-electron chi connectivity index (χ4n) is 2.55. The van der Waals surface area contributed by atoms with E-state index in [4.69, 9.17) is 14.2 Å². The van der Waals surface area contributed by atoms with Crippen LogP contribution in [0.25, 0.3) is 0 Å². The third-order valence-corrected chi connectivity index (χ3v) is 3.83. The Labute approximate surface area is 132 Å². The van der Waals surface area contributed by atoms with Gasteiger partial charge in [0.05, 0.1) is 19.8 Å². The first-order chi connectivity index (χ1) is 10.8. The van der Waals surface area contributed by atoms with Crippen molar-refractivity contribution in [2.45, 2.75) is 12.8 Å². The zero-order valence-electron chi connectivity index (χ0n) is 13.2. The topological polar surface area (TPSA) is 48.0 Å². The molecule has 0 N–H and O–H groups in total. The Balaban J connectivity index is 1.60. The number of rotatable bonds is 9. The summed E-state index contributed by atoms with van der Waals surface area (Å²) in [6.45, 7) is 3.46. The molecule has 1 aromatic carbocycles. The molecular weight excluding hydrogens is 282 g/mol. The third-order valence-electron chi connectivity index (χ3n) is 3.83. The Morgan fingerprint density at radius 2 is 2.05 bits per heavy atom. The van der Waals surface area contributed by atoms with Gasteiger partial charge in [-0.15, -0.1) is 0 Å². The second-order valence-corrected chi connectivity index (χ2v) is 5.49. The second-order valence-electron chi connectivity index (χ2n) is 5.49. The first-order valence-electron chi connectivity index (χ1n) is 7.82.